The lowest BCUT2D eigenvalue weighted by Gasteiger charge is -2.23. The molecule has 0 spiro atoms. The van der Waals surface area contributed by atoms with Crippen LogP contribution in [0.4, 0.5) is 4.79 Å². The minimum atomic E-state index is -1.83. The molecular formula is C11H20N2O4. The monoisotopic (exact) mass is 244 g/mol. The van der Waals surface area contributed by atoms with Gasteiger partial charge in [-0.3, -0.25) is 4.79 Å². The zero-order chi connectivity index (χ0) is 12.8. The topological polar surface area (TPSA) is 104 Å². The van der Waals surface area contributed by atoms with Crippen LogP contribution in [0.15, 0.2) is 0 Å². The molecule has 0 aromatic carbocycles. The molecule has 1 aliphatic heterocycles. The first-order valence-corrected chi connectivity index (χ1v) is 5.96. The van der Waals surface area contributed by atoms with Gasteiger partial charge in [-0.05, 0) is 25.3 Å². The van der Waals surface area contributed by atoms with E-state index in [0.717, 1.165) is 6.54 Å². The van der Waals surface area contributed by atoms with E-state index in [1.165, 1.54) is 25.7 Å². The number of carbonyl (C=O) groups is 2. The second-order valence-electron chi connectivity index (χ2n) is 4.57. The second kappa shape index (κ2) is 6.44. The van der Waals surface area contributed by atoms with Crippen molar-refractivity contribution in [2.45, 2.75) is 38.1 Å². The zero-order valence-electron chi connectivity index (χ0n) is 9.84. The number of nitrogens with zero attached hydrogens (tertiary/aromatic N) is 1. The third-order valence-electron chi connectivity index (χ3n) is 3.34. The molecule has 0 aromatic heterocycles. The average Bonchev–Trinajstić information content (AvgIpc) is 2.84. The minimum absolute atomic E-state index is 0.336. The fourth-order valence-corrected chi connectivity index (χ4v) is 2.54. The molecule has 1 saturated heterocycles. The van der Waals surface area contributed by atoms with Gasteiger partial charge in [0, 0.05) is 19.0 Å². The van der Waals surface area contributed by atoms with Gasteiger partial charge in [0.1, 0.15) is 0 Å². The van der Waals surface area contributed by atoms with E-state index < -0.39 is 6.16 Å². The summed E-state index contributed by atoms with van der Waals surface area (Å²) in [4.78, 5) is 22.2. The largest absolute Gasteiger partial charge is 0.503 e. The highest BCUT2D eigenvalue weighted by molar-refractivity contribution is 5.79. The Morgan fingerprint density at radius 1 is 1.35 bits per heavy atom. The molecule has 1 aliphatic carbocycles. The zero-order valence-corrected chi connectivity index (χ0v) is 9.84. The number of carbonyl (C=O) groups excluding carboxylic acids is 1. The first-order chi connectivity index (χ1) is 8.04. The maximum Gasteiger partial charge on any atom is 0.503 e. The number of hydrogen-bond acceptors (Lipinski definition) is 3. The van der Waals surface area contributed by atoms with E-state index in [9.17, 15) is 4.79 Å². The summed E-state index contributed by atoms with van der Waals surface area (Å²) in [5, 5.41) is 13.9. The molecule has 0 aromatic rings. The molecule has 1 amide bonds. The SMILES string of the molecule is NCC1CC(=O)N(C2CCCC2)C1.O=C(O)O. The van der Waals surface area contributed by atoms with E-state index in [0.29, 0.717) is 30.8 Å². The molecule has 4 N–H and O–H groups in total. The van der Waals surface area contributed by atoms with Crippen LogP contribution >= 0.6 is 0 Å². The van der Waals surface area contributed by atoms with Gasteiger partial charge in [0.25, 0.3) is 0 Å². The van der Waals surface area contributed by atoms with Crippen LogP contribution in [0.3, 0.4) is 0 Å². The minimum Gasteiger partial charge on any atom is -0.450 e. The summed E-state index contributed by atoms with van der Waals surface area (Å²) >= 11 is 0. The molecule has 2 rings (SSSR count). The standard InChI is InChI=1S/C10H18N2O.CH2O3/c11-6-8-5-10(13)12(7-8)9-3-1-2-4-9;2-1(3)4/h8-9H,1-7,11H2;(H2,2,3,4). The Labute approximate surface area is 100 Å². The Morgan fingerprint density at radius 3 is 2.29 bits per heavy atom. The average molecular weight is 244 g/mol. The summed E-state index contributed by atoms with van der Waals surface area (Å²) in [6.45, 7) is 1.58. The molecule has 6 nitrogen and oxygen atoms in total. The maximum atomic E-state index is 11.6. The molecule has 6 heteroatoms. The van der Waals surface area contributed by atoms with Crippen LogP contribution < -0.4 is 5.73 Å². The lowest BCUT2D eigenvalue weighted by atomic mass is 10.1. The summed E-state index contributed by atoms with van der Waals surface area (Å²) in [5.74, 6) is 0.760. The summed E-state index contributed by atoms with van der Waals surface area (Å²) in [6, 6.07) is 0.545. The van der Waals surface area contributed by atoms with Crippen molar-refractivity contribution < 1.29 is 19.8 Å². The lowest BCUT2D eigenvalue weighted by Crippen LogP contribution is -2.34. The molecule has 17 heavy (non-hydrogen) atoms. The lowest BCUT2D eigenvalue weighted by molar-refractivity contribution is -0.129. The summed E-state index contributed by atoms with van der Waals surface area (Å²) in [6.07, 6.45) is 3.86. The maximum absolute atomic E-state index is 11.6. The second-order valence-corrected chi connectivity index (χ2v) is 4.57. The van der Waals surface area contributed by atoms with E-state index in [1.807, 2.05) is 0 Å². The summed E-state index contributed by atoms with van der Waals surface area (Å²) in [5.41, 5.74) is 5.58. The smallest absolute Gasteiger partial charge is 0.450 e. The van der Waals surface area contributed by atoms with Crippen molar-refractivity contribution in [1.29, 1.82) is 0 Å². The van der Waals surface area contributed by atoms with E-state index in [1.54, 1.807) is 0 Å². The van der Waals surface area contributed by atoms with Crippen molar-refractivity contribution in [1.82, 2.24) is 4.90 Å². The van der Waals surface area contributed by atoms with Crippen molar-refractivity contribution in [2.24, 2.45) is 11.7 Å². The molecule has 2 fully saturated rings. The summed E-state index contributed by atoms with van der Waals surface area (Å²) < 4.78 is 0. The number of likely N-dealkylation sites (tertiary alicyclic amines) is 1. The fourth-order valence-electron chi connectivity index (χ4n) is 2.54. The highest BCUT2D eigenvalue weighted by Gasteiger charge is 2.34. The van der Waals surface area contributed by atoms with Gasteiger partial charge in [-0.25, -0.2) is 4.79 Å². The normalized spacial score (nSPS) is 24.6. The number of carboxylic acid groups (broad SMARTS) is 2. The molecule has 1 atom stereocenters. The molecule has 0 bridgehead atoms. The Morgan fingerprint density at radius 2 is 1.88 bits per heavy atom. The van der Waals surface area contributed by atoms with E-state index in [-0.39, 0.29) is 0 Å². The van der Waals surface area contributed by atoms with E-state index in [4.69, 9.17) is 20.7 Å². The van der Waals surface area contributed by atoms with Crippen LogP contribution in [0.1, 0.15) is 32.1 Å². The Bertz CT molecular complexity index is 273. The van der Waals surface area contributed by atoms with Crippen molar-refractivity contribution in [3.8, 4) is 0 Å². The van der Waals surface area contributed by atoms with Crippen molar-refractivity contribution in [3.05, 3.63) is 0 Å². The van der Waals surface area contributed by atoms with Crippen LogP contribution in [0, 0.1) is 5.92 Å². The molecule has 1 saturated carbocycles. The number of amides is 1. The van der Waals surface area contributed by atoms with Crippen LogP contribution in [-0.4, -0.2) is 46.3 Å². The van der Waals surface area contributed by atoms with Gasteiger partial charge in [-0.15, -0.1) is 0 Å². The quantitative estimate of drug-likeness (QED) is 0.671. The van der Waals surface area contributed by atoms with Gasteiger partial charge in [0.2, 0.25) is 5.91 Å². The van der Waals surface area contributed by atoms with Gasteiger partial charge in [-0.2, -0.15) is 0 Å². The predicted octanol–water partition coefficient (Wildman–Crippen LogP) is 0.959. The molecular weight excluding hydrogens is 224 g/mol. The molecule has 0 radical (unpaired) electrons. The van der Waals surface area contributed by atoms with Gasteiger partial charge < -0.3 is 20.8 Å². The first-order valence-electron chi connectivity index (χ1n) is 5.96. The van der Waals surface area contributed by atoms with Crippen molar-refractivity contribution in [3.63, 3.8) is 0 Å². The van der Waals surface area contributed by atoms with Gasteiger partial charge in [0.05, 0.1) is 0 Å². The summed E-state index contributed by atoms with van der Waals surface area (Å²) in [7, 11) is 0. The van der Waals surface area contributed by atoms with Crippen molar-refractivity contribution >= 4 is 12.1 Å². The highest BCUT2D eigenvalue weighted by Crippen LogP contribution is 2.28. The van der Waals surface area contributed by atoms with Crippen molar-refractivity contribution in [2.75, 3.05) is 13.1 Å². The van der Waals surface area contributed by atoms with Crippen LogP contribution in [0.25, 0.3) is 0 Å². The highest BCUT2D eigenvalue weighted by atomic mass is 16.6. The van der Waals surface area contributed by atoms with Gasteiger partial charge in [0.15, 0.2) is 0 Å². The molecule has 1 heterocycles. The third kappa shape index (κ3) is 4.22. The number of nitrogens with two attached hydrogens (primary N) is 1. The Balaban J connectivity index is 0.000000317. The predicted molar refractivity (Wildman–Crippen MR) is 61.8 cm³/mol. The molecule has 2 aliphatic rings. The van der Waals surface area contributed by atoms with Crippen LogP contribution in [-0.2, 0) is 4.79 Å². The van der Waals surface area contributed by atoms with Gasteiger partial charge in [-0.1, -0.05) is 12.8 Å². The Kier molecular flexibility index (Phi) is 5.21. The first kappa shape index (κ1) is 13.8. The fraction of sp³-hybridized carbons (Fsp3) is 0.818. The third-order valence-corrected chi connectivity index (χ3v) is 3.34. The van der Waals surface area contributed by atoms with Crippen LogP contribution in [0.2, 0.25) is 0 Å². The number of rotatable bonds is 2. The van der Waals surface area contributed by atoms with Crippen LogP contribution in [0.5, 0.6) is 0 Å². The van der Waals surface area contributed by atoms with E-state index in [2.05, 4.69) is 4.90 Å². The number of hydrogen-bond donors (Lipinski definition) is 3. The molecule has 98 valence electrons. The van der Waals surface area contributed by atoms with E-state index >= 15 is 0 Å². The van der Waals surface area contributed by atoms with Gasteiger partial charge >= 0.3 is 6.16 Å². The molecule has 1 unspecified atom stereocenters. The Hall–Kier alpha value is -1.30.